The number of nitrogens with zero attached hydrogens (tertiary/aromatic N) is 2. The lowest BCUT2D eigenvalue weighted by Crippen LogP contribution is -2.44. The quantitative estimate of drug-likeness (QED) is 0.811. The van der Waals surface area contributed by atoms with Crippen molar-refractivity contribution in [2.24, 2.45) is 0 Å². The molecule has 1 atom stereocenters. The molecule has 2 heterocycles. The average molecular weight is 241 g/mol. The molecular formula is C12H17ClN2O. The maximum Gasteiger partial charge on any atom is 0.0622 e. The Morgan fingerprint density at radius 3 is 3.25 bits per heavy atom. The van der Waals surface area contributed by atoms with Crippen molar-refractivity contribution in [2.75, 3.05) is 19.8 Å². The summed E-state index contributed by atoms with van der Waals surface area (Å²) in [5.74, 6) is 0. The van der Waals surface area contributed by atoms with E-state index in [0.29, 0.717) is 6.04 Å². The fraction of sp³-hybridized carbons (Fsp3) is 0.583. The lowest BCUT2D eigenvalue weighted by Gasteiger charge is -2.34. The van der Waals surface area contributed by atoms with E-state index in [2.05, 4.69) is 16.8 Å². The lowest BCUT2D eigenvalue weighted by molar-refractivity contribution is -0.0132. The van der Waals surface area contributed by atoms with E-state index in [9.17, 15) is 0 Å². The first-order valence-corrected chi connectivity index (χ1v) is 6.09. The van der Waals surface area contributed by atoms with Gasteiger partial charge in [0.05, 0.1) is 18.9 Å². The summed E-state index contributed by atoms with van der Waals surface area (Å²) >= 11 is 5.95. The van der Waals surface area contributed by atoms with E-state index in [1.165, 1.54) is 0 Å². The fourth-order valence-corrected chi connectivity index (χ4v) is 2.20. The number of halogens is 1. The number of pyridine rings is 1. The Bertz CT molecular complexity index is 346. The van der Waals surface area contributed by atoms with Crippen LogP contribution in [0.4, 0.5) is 0 Å². The van der Waals surface area contributed by atoms with Crippen LogP contribution in [-0.4, -0.2) is 35.7 Å². The Morgan fingerprint density at radius 1 is 1.62 bits per heavy atom. The summed E-state index contributed by atoms with van der Waals surface area (Å²) in [5.41, 5.74) is 1.04. The number of ether oxygens (including phenoxy) is 1. The predicted octanol–water partition coefficient (Wildman–Crippen LogP) is 2.35. The Morgan fingerprint density at radius 2 is 2.50 bits per heavy atom. The molecule has 1 aromatic heterocycles. The molecule has 1 aliphatic rings. The van der Waals surface area contributed by atoms with Crippen molar-refractivity contribution < 1.29 is 4.74 Å². The van der Waals surface area contributed by atoms with Crippen molar-refractivity contribution in [2.45, 2.75) is 25.9 Å². The van der Waals surface area contributed by atoms with Crippen molar-refractivity contribution in [3.8, 4) is 0 Å². The molecule has 4 heteroatoms. The van der Waals surface area contributed by atoms with E-state index in [-0.39, 0.29) is 0 Å². The molecule has 0 radical (unpaired) electrons. The van der Waals surface area contributed by atoms with Crippen LogP contribution in [-0.2, 0) is 11.3 Å². The predicted molar refractivity (Wildman–Crippen MR) is 64.6 cm³/mol. The van der Waals surface area contributed by atoms with Crippen molar-refractivity contribution >= 4 is 11.6 Å². The first kappa shape index (κ1) is 11.8. The van der Waals surface area contributed by atoms with Crippen LogP contribution in [0, 0.1) is 0 Å². The summed E-state index contributed by atoms with van der Waals surface area (Å²) < 4.78 is 5.48. The molecular weight excluding hydrogens is 224 g/mol. The van der Waals surface area contributed by atoms with Gasteiger partial charge >= 0.3 is 0 Å². The Hall–Kier alpha value is -0.640. The highest BCUT2D eigenvalue weighted by molar-refractivity contribution is 6.30. The maximum absolute atomic E-state index is 5.95. The molecule has 1 aliphatic heterocycles. The van der Waals surface area contributed by atoms with Gasteiger partial charge in [0.15, 0.2) is 0 Å². The van der Waals surface area contributed by atoms with Crippen LogP contribution < -0.4 is 0 Å². The second kappa shape index (κ2) is 5.62. The minimum Gasteiger partial charge on any atom is -0.378 e. The van der Waals surface area contributed by atoms with E-state index in [0.717, 1.165) is 43.4 Å². The summed E-state index contributed by atoms with van der Waals surface area (Å²) in [5, 5.41) is 0.756. The second-order valence-electron chi connectivity index (χ2n) is 4.07. The summed E-state index contributed by atoms with van der Waals surface area (Å²) in [6.45, 7) is 5.68. The van der Waals surface area contributed by atoms with Gasteiger partial charge in [-0.2, -0.15) is 0 Å². The zero-order valence-corrected chi connectivity index (χ0v) is 10.3. The summed E-state index contributed by atoms with van der Waals surface area (Å²) in [4.78, 5) is 6.75. The zero-order chi connectivity index (χ0) is 11.4. The molecule has 0 spiro atoms. The third-order valence-corrected chi connectivity index (χ3v) is 3.20. The van der Waals surface area contributed by atoms with Crippen LogP contribution in [0.3, 0.4) is 0 Å². The molecule has 0 amide bonds. The van der Waals surface area contributed by atoms with Gasteiger partial charge in [0, 0.05) is 30.4 Å². The number of morpholine rings is 1. The fourth-order valence-electron chi connectivity index (χ4n) is 2.02. The second-order valence-corrected chi connectivity index (χ2v) is 4.51. The van der Waals surface area contributed by atoms with Gasteiger partial charge in [0.25, 0.3) is 0 Å². The van der Waals surface area contributed by atoms with Crippen molar-refractivity contribution in [3.05, 3.63) is 29.0 Å². The highest BCUT2D eigenvalue weighted by Crippen LogP contribution is 2.15. The Balaban J connectivity index is 2.02. The van der Waals surface area contributed by atoms with E-state index in [4.69, 9.17) is 16.3 Å². The van der Waals surface area contributed by atoms with Crippen molar-refractivity contribution in [3.63, 3.8) is 0 Å². The van der Waals surface area contributed by atoms with Crippen LogP contribution in [0.1, 0.15) is 19.0 Å². The molecule has 1 unspecified atom stereocenters. The van der Waals surface area contributed by atoms with Gasteiger partial charge in [0.1, 0.15) is 0 Å². The molecule has 1 aromatic rings. The van der Waals surface area contributed by atoms with Gasteiger partial charge in [0.2, 0.25) is 0 Å². The molecule has 0 saturated carbocycles. The van der Waals surface area contributed by atoms with Crippen molar-refractivity contribution in [1.29, 1.82) is 0 Å². The van der Waals surface area contributed by atoms with E-state index in [1.54, 1.807) is 6.20 Å². The number of aromatic nitrogens is 1. The summed E-state index contributed by atoms with van der Waals surface area (Å²) in [7, 11) is 0. The van der Waals surface area contributed by atoms with Gasteiger partial charge in [-0.25, -0.2) is 0 Å². The van der Waals surface area contributed by atoms with Crippen LogP contribution in [0.5, 0.6) is 0 Å². The molecule has 1 saturated heterocycles. The standard InChI is InChI=1S/C12H17ClN2O/c1-2-12-9-16-6-5-15(12)8-11-7-10(13)3-4-14-11/h3-4,7,12H,2,5-6,8-9H2,1H3. The SMILES string of the molecule is CCC1COCCN1Cc1cc(Cl)ccn1. The van der Waals surface area contributed by atoms with E-state index < -0.39 is 0 Å². The van der Waals surface area contributed by atoms with Gasteiger partial charge in [-0.1, -0.05) is 18.5 Å². The maximum atomic E-state index is 5.95. The highest BCUT2D eigenvalue weighted by Gasteiger charge is 2.21. The van der Waals surface area contributed by atoms with E-state index in [1.807, 2.05) is 12.1 Å². The Kier molecular flexibility index (Phi) is 4.16. The summed E-state index contributed by atoms with van der Waals surface area (Å²) in [6.07, 6.45) is 2.87. The minimum absolute atomic E-state index is 0.509. The van der Waals surface area contributed by atoms with Crippen LogP contribution >= 0.6 is 11.6 Å². The molecule has 0 bridgehead atoms. The van der Waals surface area contributed by atoms with E-state index >= 15 is 0 Å². The number of hydrogen-bond acceptors (Lipinski definition) is 3. The largest absolute Gasteiger partial charge is 0.378 e. The first-order valence-electron chi connectivity index (χ1n) is 5.72. The molecule has 2 rings (SSSR count). The average Bonchev–Trinajstić information content (AvgIpc) is 2.30. The highest BCUT2D eigenvalue weighted by atomic mass is 35.5. The first-order chi connectivity index (χ1) is 7.79. The van der Waals surface area contributed by atoms with Gasteiger partial charge in [-0.05, 0) is 18.6 Å². The molecule has 0 aliphatic carbocycles. The molecule has 0 N–H and O–H groups in total. The number of rotatable bonds is 3. The third kappa shape index (κ3) is 2.94. The smallest absolute Gasteiger partial charge is 0.0622 e. The van der Waals surface area contributed by atoms with Gasteiger partial charge in [-0.15, -0.1) is 0 Å². The number of hydrogen-bond donors (Lipinski definition) is 0. The van der Waals surface area contributed by atoms with Gasteiger partial charge in [-0.3, -0.25) is 9.88 Å². The molecule has 3 nitrogen and oxygen atoms in total. The van der Waals surface area contributed by atoms with Crippen LogP contribution in [0.25, 0.3) is 0 Å². The summed E-state index contributed by atoms with van der Waals surface area (Å²) in [6, 6.07) is 4.25. The molecule has 0 aromatic carbocycles. The third-order valence-electron chi connectivity index (χ3n) is 2.96. The normalized spacial score (nSPS) is 22.2. The van der Waals surface area contributed by atoms with Crippen LogP contribution in [0.2, 0.25) is 5.02 Å². The minimum atomic E-state index is 0.509. The van der Waals surface area contributed by atoms with Crippen molar-refractivity contribution in [1.82, 2.24) is 9.88 Å². The zero-order valence-electron chi connectivity index (χ0n) is 9.53. The lowest BCUT2D eigenvalue weighted by atomic mass is 10.1. The monoisotopic (exact) mass is 240 g/mol. The molecule has 16 heavy (non-hydrogen) atoms. The molecule has 1 fully saturated rings. The molecule has 88 valence electrons. The van der Waals surface area contributed by atoms with Gasteiger partial charge < -0.3 is 4.74 Å². The van der Waals surface area contributed by atoms with Crippen LogP contribution in [0.15, 0.2) is 18.3 Å². The Labute approximate surface area is 101 Å². The topological polar surface area (TPSA) is 25.4 Å².